The third kappa shape index (κ3) is 3.89. The number of carbonyl (C=O) groups excluding carboxylic acids is 2. The van der Waals surface area contributed by atoms with E-state index in [2.05, 4.69) is 39.0 Å². The summed E-state index contributed by atoms with van der Waals surface area (Å²) < 4.78 is 0. The standard InChI is InChI=1S/C31H31ClN4O2/c32-26-3-1-2-23-19-36(30(38)28(23)26)27-7-6-21-4-5-22(18-25(21)27)29(37)35-17-12-31(20-35)10-15-34(16-11-31)24-8-13-33-14-9-24/h1-5,8-9,13-14,18,27H,6-7,10-12,15-17,19-20H2/t27-/m1/s1. The Balaban J connectivity index is 1.06. The summed E-state index contributed by atoms with van der Waals surface area (Å²) in [5.41, 5.74) is 6.16. The van der Waals surface area contributed by atoms with Crippen LogP contribution in [-0.2, 0) is 13.0 Å². The van der Waals surface area contributed by atoms with Gasteiger partial charge in [-0.25, -0.2) is 0 Å². The van der Waals surface area contributed by atoms with Gasteiger partial charge >= 0.3 is 0 Å². The van der Waals surface area contributed by atoms with Crippen LogP contribution in [0.15, 0.2) is 60.9 Å². The second-order valence-corrected chi connectivity index (χ2v) is 11.8. The van der Waals surface area contributed by atoms with Crippen molar-refractivity contribution in [1.82, 2.24) is 14.8 Å². The van der Waals surface area contributed by atoms with Gasteiger partial charge in [0.05, 0.1) is 16.6 Å². The molecule has 2 fully saturated rings. The van der Waals surface area contributed by atoms with E-state index in [1.807, 2.05) is 35.5 Å². The van der Waals surface area contributed by atoms with Crippen LogP contribution in [0.2, 0.25) is 5.02 Å². The molecule has 0 N–H and O–H groups in total. The van der Waals surface area contributed by atoms with Crippen molar-refractivity contribution in [1.29, 1.82) is 0 Å². The summed E-state index contributed by atoms with van der Waals surface area (Å²) in [6.45, 7) is 4.25. The van der Waals surface area contributed by atoms with Gasteiger partial charge in [0.1, 0.15) is 0 Å². The molecule has 1 aromatic heterocycles. The molecule has 0 radical (unpaired) electrons. The Morgan fingerprint density at radius 2 is 1.76 bits per heavy atom. The van der Waals surface area contributed by atoms with Gasteiger partial charge in [0.25, 0.3) is 11.8 Å². The number of hydrogen-bond donors (Lipinski definition) is 0. The van der Waals surface area contributed by atoms with E-state index in [9.17, 15) is 9.59 Å². The van der Waals surface area contributed by atoms with Crippen molar-refractivity contribution in [3.63, 3.8) is 0 Å². The van der Waals surface area contributed by atoms with E-state index in [0.29, 0.717) is 17.1 Å². The summed E-state index contributed by atoms with van der Waals surface area (Å²) in [5.74, 6) is 0.116. The average molecular weight is 527 g/mol. The second kappa shape index (κ2) is 9.12. The monoisotopic (exact) mass is 526 g/mol. The van der Waals surface area contributed by atoms with Crippen LogP contribution < -0.4 is 4.90 Å². The van der Waals surface area contributed by atoms with Gasteiger partial charge < -0.3 is 14.7 Å². The zero-order valence-electron chi connectivity index (χ0n) is 21.4. The van der Waals surface area contributed by atoms with Gasteiger partial charge in [-0.3, -0.25) is 14.6 Å². The number of rotatable bonds is 3. The SMILES string of the molecule is O=C(c1ccc2c(c1)[C@H](N1Cc3cccc(Cl)c3C1=O)CC2)N1CCC2(CCN(c3ccncc3)CC2)C1. The van der Waals surface area contributed by atoms with Gasteiger partial charge in [0.15, 0.2) is 0 Å². The number of likely N-dealkylation sites (tertiary alicyclic amines) is 1. The molecule has 7 heteroatoms. The van der Waals surface area contributed by atoms with Crippen LogP contribution in [0.1, 0.15) is 69.1 Å². The van der Waals surface area contributed by atoms with Gasteiger partial charge in [-0.2, -0.15) is 0 Å². The predicted molar refractivity (Wildman–Crippen MR) is 147 cm³/mol. The Bertz CT molecular complexity index is 1420. The van der Waals surface area contributed by atoms with Gasteiger partial charge in [0, 0.05) is 56.4 Å². The zero-order chi connectivity index (χ0) is 25.9. The maximum Gasteiger partial charge on any atom is 0.256 e. The van der Waals surface area contributed by atoms with E-state index in [0.717, 1.165) is 75.0 Å². The molecule has 2 amide bonds. The number of hydrogen-bond acceptors (Lipinski definition) is 4. The number of aryl methyl sites for hydroxylation is 1. The fourth-order valence-electron chi connectivity index (χ4n) is 7.12. The maximum absolute atomic E-state index is 13.7. The molecule has 1 aliphatic carbocycles. The van der Waals surface area contributed by atoms with E-state index in [4.69, 9.17) is 11.6 Å². The van der Waals surface area contributed by atoms with E-state index in [1.54, 1.807) is 6.07 Å². The molecule has 3 aliphatic heterocycles. The molecule has 1 atom stereocenters. The Hall–Kier alpha value is -3.38. The third-order valence-electron chi connectivity index (χ3n) is 9.31. The van der Waals surface area contributed by atoms with Crippen LogP contribution in [0.4, 0.5) is 5.69 Å². The molecule has 4 heterocycles. The van der Waals surface area contributed by atoms with Crippen LogP contribution in [0, 0.1) is 5.41 Å². The first-order valence-corrected chi connectivity index (χ1v) is 14.0. The number of nitrogens with zero attached hydrogens (tertiary/aromatic N) is 4. The number of benzene rings is 2. The highest BCUT2D eigenvalue weighted by atomic mass is 35.5. The van der Waals surface area contributed by atoms with Crippen molar-refractivity contribution in [3.05, 3.63) is 93.8 Å². The zero-order valence-corrected chi connectivity index (χ0v) is 22.2. The number of amides is 2. The third-order valence-corrected chi connectivity index (χ3v) is 9.62. The van der Waals surface area contributed by atoms with Crippen LogP contribution >= 0.6 is 11.6 Å². The molecular formula is C31H31ClN4O2. The van der Waals surface area contributed by atoms with Crippen molar-refractivity contribution in [2.45, 2.75) is 44.7 Å². The number of carbonyl (C=O) groups is 2. The van der Waals surface area contributed by atoms with Crippen molar-refractivity contribution in [2.24, 2.45) is 5.41 Å². The van der Waals surface area contributed by atoms with Crippen LogP contribution in [0.3, 0.4) is 0 Å². The summed E-state index contributed by atoms with van der Waals surface area (Å²) in [4.78, 5) is 37.5. The minimum atomic E-state index is -0.0175. The van der Waals surface area contributed by atoms with E-state index >= 15 is 0 Å². The van der Waals surface area contributed by atoms with Crippen LogP contribution in [-0.4, -0.2) is 52.8 Å². The van der Waals surface area contributed by atoms with E-state index in [1.165, 1.54) is 11.3 Å². The summed E-state index contributed by atoms with van der Waals surface area (Å²) in [6.07, 6.45) is 8.78. The van der Waals surface area contributed by atoms with Crippen molar-refractivity contribution in [2.75, 3.05) is 31.1 Å². The van der Waals surface area contributed by atoms with Crippen molar-refractivity contribution < 1.29 is 9.59 Å². The first-order chi connectivity index (χ1) is 18.5. The second-order valence-electron chi connectivity index (χ2n) is 11.3. The summed E-state index contributed by atoms with van der Waals surface area (Å²) >= 11 is 6.37. The Labute approximate surface area is 228 Å². The molecule has 2 saturated heterocycles. The molecule has 6 nitrogen and oxygen atoms in total. The predicted octanol–water partition coefficient (Wildman–Crippen LogP) is 5.51. The number of anilines is 1. The Morgan fingerprint density at radius 1 is 0.974 bits per heavy atom. The Kier molecular flexibility index (Phi) is 5.69. The highest BCUT2D eigenvalue weighted by Gasteiger charge is 2.43. The van der Waals surface area contributed by atoms with Crippen molar-refractivity contribution >= 4 is 29.1 Å². The van der Waals surface area contributed by atoms with Gasteiger partial charge in [0.2, 0.25) is 0 Å². The fourth-order valence-corrected chi connectivity index (χ4v) is 7.40. The number of fused-ring (bicyclic) bond motifs is 2. The van der Waals surface area contributed by atoms with Crippen LogP contribution in [0.5, 0.6) is 0 Å². The van der Waals surface area contributed by atoms with Crippen molar-refractivity contribution in [3.8, 4) is 0 Å². The molecule has 38 heavy (non-hydrogen) atoms. The van der Waals surface area contributed by atoms with Crippen LogP contribution in [0.25, 0.3) is 0 Å². The van der Waals surface area contributed by atoms with Gasteiger partial charge in [-0.1, -0.05) is 29.8 Å². The minimum Gasteiger partial charge on any atom is -0.371 e. The fraction of sp³-hybridized carbons (Fsp3) is 0.387. The first-order valence-electron chi connectivity index (χ1n) is 13.7. The number of halogens is 1. The largest absolute Gasteiger partial charge is 0.371 e. The smallest absolute Gasteiger partial charge is 0.256 e. The normalized spacial score (nSPS) is 21.8. The highest BCUT2D eigenvalue weighted by molar-refractivity contribution is 6.34. The topological polar surface area (TPSA) is 56.8 Å². The summed E-state index contributed by atoms with van der Waals surface area (Å²) in [5, 5.41) is 0.520. The average Bonchev–Trinajstić information content (AvgIpc) is 3.65. The number of pyridine rings is 1. The molecule has 2 aromatic carbocycles. The minimum absolute atomic E-state index is 0.000211. The lowest BCUT2D eigenvalue weighted by Gasteiger charge is -2.40. The molecule has 194 valence electrons. The maximum atomic E-state index is 13.7. The lowest BCUT2D eigenvalue weighted by atomic mass is 9.77. The molecule has 1 spiro atoms. The molecule has 3 aromatic rings. The molecule has 4 aliphatic rings. The molecular weight excluding hydrogens is 496 g/mol. The Morgan fingerprint density at radius 3 is 2.55 bits per heavy atom. The number of aromatic nitrogens is 1. The summed E-state index contributed by atoms with van der Waals surface area (Å²) in [6, 6.07) is 16.0. The molecule has 0 saturated carbocycles. The quantitative estimate of drug-likeness (QED) is 0.451. The number of piperidine rings is 1. The molecule has 0 bridgehead atoms. The lowest BCUT2D eigenvalue weighted by molar-refractivity contribution is 0.0701. The first kappa shape index (κ1) is 23.7. The van der Waals surface area contributed by atoms with E-state index in [-0.39, 0.29) is 23.3 Å². The van der Waals surface area contributed by atoms with E-state index < -0.39 is 0 Å². The molecule has 7 rings (SSSR count). The highest BCUT2D eigenvalue weighted by Crippen LogP contribution is 2.44. The summed E-state index contributed by atoms with van der Waals surface area (Å²) in [7, 11) is 0. The van der Waals surface area contributed by atoms with Gasteiger partial charge in [-0.05, 0) is 84.5 Å². The van der Waals surface area contributed by atoms with Gasteiger partial charge in [-0.15, -0.1) is 0 Å². The lowest BCUT2D eigenvalue weighted by Crippen LogP contribution is -2.42. The molecule has 0 unspecified atom stereocenters.